The van der Waals surface area contributed by atoms with Gasteiger partial charge in [0.1, 0.15) is 19.2 Å². The molecule has 0 unspecified atom stereocenters. The SMILES string of the molecule is [C-]#[N+]C(=Cc1cc(C#N)c(C)s1)[N+]#[C-]. The zero-order chi connectivity index (χ0) is 10.6. The Labute approximate surface area is 86.2 Å². The predicted octanol–water partition coefficient (Wildman–Crippen LogP) is 3.07. The van der Waals surface area contributed by atoms with Gasteiger partial charge < -0.3 is 0 Å². The van der Waals surface area contributed by atoms with Gasteiger partial charge in [0, 0.05) is 15.8 Å². The number of thiophene rings is 1. The van der Waals surface area contributed by atoms with Crippen LogP contribution < -0.4 is 0 Å². The number of rotatable bonds is 1. The molecule has 0 radical (unpaired) electrons. The van der Waals surface area contributed by atoms with Crippen LogP contribution in [0, 0.1) is 31.4 Å². The van der Waals surface area contributed by atoms with E-state index in [4.69, 9.17) is 18.4 Å². The lowest BCUT2D eigenvalue weighted by Gasteiger charge is -1.77. The molecule has 0 aromatic carbocycles. The number of aryl methyl sites for hydroxylation is 1. The lowest BCUT2D eigenvalue weighted by Crippen LogP contribution is -1.67. The van der Waals surface area contributed by atoms with Crippen LogP contribution in [-0.4, -0.2) is 0 Å². The summed E-state index contributed by atoms with van der Waals surface area (Å²) < 4.78 is 0. The van der Waals surface area contributed by atoms with Crippen LogP contribution in [0.5, 0.6) is 0 Å². The van der Waals surface area contributed by atoms with Crippen molar-refractivity contribution in [3.63, 3.8) is 0 Å². The highest BCUT2D eigenvalue weighted by molar-refractivity contribution is 7.13. The predicted molar refractivity (Wildman–Crippen MR) is 55.0 cm³/mol. The number of nitriles is 1. The maximum Gasteiger partial charge on any atom is 0.520 e. The fourth-order valence-corrected chi connectivity index (χ4v) is 1.81. The van der Waals surface area contributed by atoms with Crippen LogP contribution in [-0.2, 0) is 0 Å². The van der Waals surface area contributed by atoms with Gasteiger partial charge in [-0.25, -0.2) is 0 Å². The second-order valence-corrected chi connectivity index (χ2v) is 3.74. The highest BCUT2D eigenvalue weighted by Crippen LogP contribution is 2.23. The largest absolute Gasteiger partial charge is 0.520 e. The Kier molecular flexibility index (Phi) is 3.02. The summed E-state index contributed by atoms with van der Waals surface area (Å²) in [6.45, 7) is 15.2. The molecule has 4 heteroatoms. The zero-order valence-electron chi connectivity index (χ0n) is 7.40. The quantitative estimate of drug-likeness (QED) is 0.640. The normalized spacial score (nSPS) is 8.14. The van der Waals surface area contributed by atoms with Gasteiger partial charge in [-0.05, 0) is 13.0 Å². The molecule has 0 aliphatic heterocycles. The van der Waals surface area contributed by atoms with Crippen molar-refractivity contribution >= 4 is 17.4 Å². The molecular formula is C10H5N3S. The van der Waals surface area contributed by atoms with E-state index in [0.29, 0.717) is 5.56 Å². The summed E-state index contributed by atoms with van der Waals surface area (Å²) in [5.74, 6) is 0.0238. The lowest BCUT2D eigenvalue weighted by atomic mass is 10.3. The molecule has 1 aromatic rings. The van der Waals surface area contributed by atoms with E-state index in [9.17, 15) is 0 Å². The Morgan fingerprint density at radius 2 is 2.21 bits per heavy atom. The minimum atomic E-state index is 0.0238. The number of hydrogen-bond acceptors (Lipinski definition) is 2. The van der Waals surface area contributed by atoms with Crippen LogP contribution in [0.1, 0.15) is 15.3 Å². The minimum Gasteiger partial charge on any atom is -0.192 e. The topological polar surface area (TPSA) is 32.5 Å². The van der Waals surface area contributed by atoms with E-state index in [2.05, 4.69) is 15.8 Å². The van der Waals surface area contributed by atoms with Gasteiger partial charge in [-0.1, -0.05) is 0 Å². The van der Waals surface area contributed by atoms with Crippen molar-refractivity contribution in [1.82, 2.24) is 0 Å². The van der Waals surface area contributed by atoms with E-state index in [0.717, 1.165) is 9.75 Å². The van der Waals surface area contributed by atoms with Gasteiger partial charge in [-0.2, -0.15) is 15.0 Å². The Hall–Kier alpha value is -2.09. The molecule has 0 N–H and O–H groups in total. The molecule has 1 rings (SSSR count). The molecule has 0 aliphatic rings. The van der Waals surface area contributed by atoms with E-state index in [1.807, 2.05) is 6.92 Å². The van der Waals surface area contributed by atoms with Gasteiger partial charge >= 0.3 is 5.82 Å². The molecule has 0 bridgehead atoms. The second-order valence-electron chi connectivity index (χ2n) is 2.46. The Bertz CT molecular complexity index is 487. The first-order valence-corrected chi connectivity index (χ1v) is 4.50. The summed E-state index contributed by atoms with van der Waals surface area (Å²) in [6.07, 6.45) is 1.50. The Balaban J connectivity index is 3.14. The Morgan fingerprint density at radius 3 is 2.64 bits per heavy atom. The summed E-state index contributed by atoms with van der Waals surface area (Å²) in [6, 6.07) is 3.74. The second kappa shape index (κ2) is 4.23. The van der Waals surface area contributed by atoms with Crippen molar-refractivity contribution in [2.24, 2.45) is 0 Å². The van der Waals surface area contributed by atoms with Gasteiger partial charge in [0.2, 0.25) is 0 Å². The molecule has 66 valence electrons. The summed E-state index contributed by atoms with van der Waals surface area (Å²) in [5.41, 5.74) is 0.607. The average Bonchev–Trinajstić information content (AvgIpc) is 2.55. The third-order valence-electron chi connectivity index (χ3n) is 1.56. The summed E-state index contributed by atoms with van der Waals surface area (Å²) in [5, 5.41) is 8.70. The van der Waals surface area contributed by atoms with Crippen molar-refractivity contribution in [2.45, 2.75) is 6.92 Å². The first-order valence-electron chi connectivity index (χ1n) is 3.68. The van der Waals surface area contributed by atoms with Gasteiger partial charge in [0.15, 0.2) is 0 Å². The van der Waals surface area contributed by atoms with Crippen LogP contribution in [0.2, 0.25) is 0 Å². The summed E-state index contributed by atoms with van der Waals surface area (Å²) in [7, 11) is 0. The fourth-order valence-electron chi connectivity index (χ4n) is 0.904. The van der Waals surface area contributed by atoms with E-state index >= 15 is 0 Å². The molecule has 0 atom stereocenters. The molecule has 0 spiro atoms. The highest BCUT2D eigenvalue weighted by Gasteiger charge is 2.07. The minimum absolute atomic E-state index is 0.0238. The van der Waals surface area contributed by atoms with Crippen molar-refractivity contribution in [3.05, 3.63) is 50.0 Å². The molecular weight excluding hydrogens is 194 g/mol. The van der Waals surface area contributed by atoms with E-state index in [1.165, 1.54) is 17.4 Å². The van der Waals surface area contributed by atoms with E-state index < -0.39 is 0 Å². The molecule has 3 nitrogen and oxygen atoms in total. The standard InChI is InChI=1S/C10H5N3S/c1-7-8(6-11)4-9(14-7)5-10(12-2)13-3/h4-5H,1H3. The van der Waals surface area contributed by atoms with Crippen LogP contribution in [0.25, 0.3) is 15.8 Å². The molecule has 0 saturated carbocycles. The molecule has 0 fully saturated rings. The number of hydrogen-bond donors (Lipinski definition) is 0. The smallest absolute Gasteiger partial charge is 0.192 e. The van der Waals surface area contributed by atoms with Gasteiger partial charge in [-0.15, -0.1) is 11.3 Å². The lowest BCUT2D eigenvalue weighted by molar-refractivity contribution is 1.47. The van der Waals surface area contributed by atoms with Crippen molar-refractivity contribution in [3.8, 4) is 6.07 Å². The molecule has 0 saturated heterocycles. The molecule has 14 heavy (non-hydrogen) atoms. The van der Waals surface area contributed by atoms with Crippen LogP contribution in [0.4, 0.5) is 0 Å². The van der Waals surface area contributed by atoms with Crippen LogP contribution in [0.3, 0.4) is 0 Å². The first kappa shape index (κ1) is 9.99. The van der Waals surface area contributed by atoms with E-state index in [-0.39, 0.29) is 5.82 Å². The van der Waals surface area contributed by atoms with Crippen molar-refractivity contribution in [2.75, 3.05) is 0 Å². The number of nitrogens with zero attached hydrogens (tertiary/aromatic N) is 3. The summed E-state index contributed by atoms with van der Waals surface area (Å²) >= 11 is 1.41. The monoisotopic (exact) mass is 199 g/mol. The third kappa shape index (κ3) is 1.98. The van der Waals surface area contributed by atoms with Crippen LogP contribution >= 0.6 is 11.3 Å². The average molecular weight is 199 g/mol. The molecule has 0 aliphatic carbocycles. The third-order valence-corrected chi connectivity index (χ3v) is 2.56. The highest BCUT2D eigenvalue weighted by atomic mass is 32.1. The maximum absolute atomic E-state index is 8.70. The Morgan fingerprint density at radius 1 is 1.57 bits per heavy atom. The van der Waals surface area contributed by atoms with Crippen molar-refractivity contribution < 1.29 is 0 Å². The van der Waals surface area contributed by atoms with Gasteiger partial charge in [-0.3, -0.25) is 0 Å². The van der Waals surface area contributed by atoms with E-state index in [1.54, 1.807) is 6.07 Å². The zero-order valence-corrected chi connectivity index (χ0v) is 8.22. The van der Waals surface area contributed by atoms with Gasteiger partial charge in [0.25, 0.3) is 0 Å². The van der Waals surface area contributed by atoms with Crippen molar-refractivity contribution in [1.29, 1.82) is 5.26 Å². The fraction of sp³-hybridized carbons (Fsp3) is 0.100. The van der Waals surface area contributed by atoms with Gasteiger partial charge in [0.05, 0.1) is 5.56 Å². The first-order chi connectivity index (χ1) is 6.71. The van der Waals surface area contributed by atoms with Crippen LogP contribution in [0.15, 0.2) is 11.9 Å². The molecule has 0 amide bonds. The summed E-state index contributed by atoms with van der Waals surface area (Å²) in [4.78, 5) is 7.78. The molecule has 1 aromatic heterocycles. The maximum atomic E-state index is 8.70. The molecule has 1 heterocycles.